The summed E-state index contributed by atoms with van der Waals surface area (Å²) in [6.45, 7) is 7.62. The van der Waals surface area contributed by atoms with Crippen LogP contribution in [0, 0.1) is 13.8 Å². The Morgan fingerprint density at radius 2 is 2.07 bits per heavy atom. The molecule has 0 aliphatic rings. The number of nitrogens with zero attached hydrogens (tertiary/aromatic N) is 1. The van der Waals surface area contributed by atoms with Crippen molar-refractivity contribution in [3.63, 3.8) is 0 Å². The third-order valence-corrected chi connectivity index (χ3v) is 2.48. The van der Waals surface area contributed by atoms with Gasteiger partial charge in [-0.2, -0.15) is 0 Å². The number of hydrogen-bond acceptors (Lipinski definition) is 4. The zero-order valence-electron chi connectivity index (χ0n) is 9.85. The van der Waals surface area contributed by atoms with E-state index in [-0.39, 0.29) is 0 Å². The summed E-state index contributed by atoms with van der Waals surface area (Å²) in [5.41, 5.74) is 8.82. The molecule has 1 aromatic rings. The Kier molecular flexibility index (Phi) is 3.91. The molecule has 1 aromatic heterocycles. The van der Waals surface area contributed by atoms with Crippen molar-refractivity contribution in [2.75, 3.05) is 19.4 Å². The maximum atomic E-state index is 5.88. The van der Waals surface area contributed by atoms with Crippen molar-refractivity contribution in [1.82, 2.24) is 10.3 Å². The summed E-state index contributed by atoms with van der Waals surface area (Å²) in [7, 11) is 1.66. The highest BCUT2D eigenvalue weighted by molar-refractivity contribution is 5.52. The number of hydrogen-bond donors (Lipinski definition) is 2. The molecule has 0 amide bonds. The Morgan fingerprint density at radius 1 is 1.40 bits per heavy atom. The highest BCUT2D eigenvalue weighted by Crippen LogP contribution is 2.27. The number of methoxy groups -OCH3 is 1. The third-order valence-electron chi connectivity index (χ3n) is 2.48. The lowest BCUT2D eigenvalue weighted by molar-refractivity contribution is 0.405. The molecular formula is C11H19N3O. The minimum Gasteiger partial charge on any atom is -0.495 e. The molecule has 0 aliphatic heterocycles. The Hall–Kier alpha value is -1.29. The van der Waals surface area contributed by atoms with Gasteiger partial charge in [0, 0.05) is 17.7 Å². The number of nitrogens with two attached hydrogens (primary N) is 1. The van der Waals surface area contributed by atoms with Crippen LogP contribution in [0.4, 0.5) is 5.82 Å². The van der Waals surface area contributed by atoms with E-state index in [1.165, 1.54) is 0 Å². The van der Waals surface area contributed by atoms with E-state index >= 15 is 0 Å². The molecule has 0 saturated carbocycles. The van der Waals surface area contributed by atoms with Crippen LogP contribution in [0.25, 0.3) is 0 Å². The molecule has 0 atom stereocenters. The van der Waals surface area contributed by atoms with E-state index in [0.717, 1.165) is 35.7 Å². The number of aryl methyl sites for hydroxylation is 1. The summed E-state index contributed by atoms with van der Waals surface area (Å²) < 4.78 is 5.31. The first-order valence-corrected chi connectivity index (χ1v) is 5.12. The molecule has 4 nitrogen and oxygen atoms in total. The number of rotatable bonds is 4. The molecule has 0 unspecified atom stereocenters. The van der Waals surface area contributed by atoms with Crippen LogP contribution in [0.15, 0.2) is 0 Å². The van der Waals surface area contributed by atoms with Crippen LogP contribution in [-0.4, -0.2) is 18.6 Å². The van der Waals surface area contributed by atoms with Crippen molar-refractivity contribution in [2.24, 2.45) is 0 Å². The molecule has 4 heteroatoms. The zero-order valence-corrected chi connectivity index (χ0v) is 9.85. The van der Waals surface area contributed by atoms with Crippen molar-refractivity contribution in [2.45, 2.75) is 27.3 Å². The lowest BCUT2D eigenvalue weighted by atomic mass is 10.1. The standard InChI is InChI=1S/C11H19N3O/c1-5-13-6-9-7(2)10(15-4)8(3)14-11(9)12/h13H,5-6H2,1-4H3,(H2,12,14). The number of anilines is 1. The van der Waals surface area contributed by atoms with Gasteiger partial charge in [-0.1, -0.05) is 6.92 Å². The van der Waals surface area contributed by atoms with Gasteiger partial charge in [-0.05, 0) is 20.4 Å². The fourth-order valence-electron chi connectivity index (χ4n) is 1.67. The van der Waals surface area contributed by atoms with Gasteiger partial charge in [0.1, 0.15) is 11.6 Å². The van der Waals surface area contributed by atoms with Crippen molar-refractivity contribution in [1.29, 1.82) is 0 Å². The van der Waals surface area contributed by atoms with Crippen LogP contribution in [0.1, 0.15) is 23.7 Å². The smallest absolute Gasteiger partial charge is 0.143 e. The molecule has 1 rings (SSSR count). The molecule has 1 heterocycles. The monoisotopic (exact) mass is 209 g/mol. The molecule has 3 N–H and O–H groups in total. The molecule has 0 aliphatic carbocycles. The number of ether oxygens (including phenoxy) is 1. The van der Waals surface area contributed by atoms with E-state index in [2.05, 4.69) is 17.2 Å². The van der Waals surface area contributed by atoms with Gasteiger partial charge in [0.05, 0.1) is 12.8 Å². The van der Waals surface area contributed by atoms with Gasteiger partial charge in [-0.25, -0.2) is 4.98 Å². The van der Waals surface area contributed by atoms with Crippen LogP contribution >= 0.6 is 0 Å². The Morgan fingerprint density at radius 3 is 2.60 bits per heavy atom. The van der Waals surface area contributed by atoms with Gasteiger partial charge in [0.25, 0.3) is 0 Å². The van der Waals surface area contributed by atoms with Gasteiger partial charge in [0.15, 0.2) is 0 Å². The molecule has 15 heavy (non-hydrogen) atoms. The summed E-state index contributed by atoms with van der Waals surface area (Å²) in [5, 5.41) is 3.24. The second kappa shape index (κ2) is 4.98. The highest BCUT2D eigenvalue weighted by atomic mass is 16.5. The Bertz CT molecular complexity index is 350. The summed E-state index contributed by atoms with van der Waals surface area (Å²) in [4.78, 5) is 4.27. The largest absolute Gasteiger partial charge is 0.495 e. The van der Waals surface area contributed by atoms with E-state index in [1.54, 1.807) is 7.11 Å². The van der Waals surface area contributed by atoms with Crippen LogP contribution in [0.2, 0.25) is 0 Å². The average molecular weight is 209 g/mol. The topological polar surface area (TPSA) is 60.2 Å². The number of nitrogen functional groups attached to an aromatic ring is 1. The Balaban J connectivity index is 3.14. The third kappa shape index (κ3) is 2.39. The van der Waals surface area contributed by atoms with Crippen molar-refractivity contribution < 1.29 is 4.74 Å². The van der Waals surface area contributed by atoms with Crippen LogP contribution in [0.3, 0.4) is 0 Å². The maximum absolute atomic E-state index is 5.88. The van der Waals surface area contributed by atoms with Crippen molar-refractivity contribution in [3.05, 3.63) is 16.8 Å². The number of aromatic nitrogens is 1. The van der Waals surface area contributed by atoms with E-state index < -0.39 is 0 Å². The molecular weight excluding hydrogens is 190 g/mol. The first-order valence-electron chi connectivity index (χ1n) is 5.12. The van der Waals surface area contributed by atoms with Crippen LogP contribution in [0.5, 0.6) is 5.75 Å². The second-order valence-corrected chi connectivity index (χ2v) is 3.50. The first kappa shape index (κ1) is 11.8. The summed E-state index contributed by atoms with van der Waals surface area (Å²) in [6, 6.07) is 0. The summed E-state index contributed by atoms with van der Waals surface area (Å²) >= 11 is 0. The normalized spacial score (nSPS) is 10.4. The molecule has 0 aromatic carbocycles. The predicted molar refractivity (Wildman–Crippen MR) is 62.1 cm³/mol. The lowest BCUT2D eigenvalue weighted by Crippen LogP contribution is -2.16. The maximum Gasteiger partial charge on any atom is 0.143 e. The fraction of sp³-hybridized carbons (Fsp3) is 0.545. The second-order valence-electron chi connectivity index (χ2n) is 3.50. The molecule has 84 valence electrons. The summed E-state index contributed by atoms with van der Waals surface area (Å²) in [6.07, 6.45) is 0. The van der Waals surface area contributed by atoms with E-state index in [0.29, 0.717) is 5.82 Å². The minimum absolute atomic E-state index is 0.590. The molecule has 0 spiro atoms. The molecule has 0 saturated heterocycles. The van der Waals surface area contributed by atoms with Gasteiger partial charge in [-0.3, -0.25) is 0 Å². The predicted octanol–water partition coefficient (Wildman–Crippen LogP) is 1.40. The SMILES string of the molecule is CCNCc1c(N)nc(C)c(OC)c1C. The quantitative estimate of drug-likeness (QED) is 0.787. The first-order chi connectivity index (χ1) is 7.11. The Labute approximate surface area is 90.8 Å². The van der Waals surface area contributed by atoms with E-state index in [1.807, 2.05) is 13.8 Å². The van der Waals surface area contributed by atoms with Gasteiger partial charge < -0.3 is 15.8 Å². The van der Waals surface area contributed by atoms with Crippen molar-refractivity contribution in [3.8, 4) is 5.75 Å². The van der Waals surface area contributed by atoms with E-state index in [9.17, 15) is 0 Å². The minimum atomic E-state index is 0.590. The molecule has 0 bridgehead atoms. The van der Waals surface area contributed by atoms with Gasteiger partial charge in [-0.15, -0.1) is 0 Å². The van der Waals surface area contributed by atoms with Gasteiger partial charge in [0.2, 0.25) is 0 Å². The number of nitrogens with one attached hydrogen (secondary N) is 1. The summed E-state index contributed by atoms with van der Waals surface area (Å²) in [5.74, 6) is 1.42. The van der Waals surface area contributed by atoms with Gasteiger partial charge >= 0.3 is 0 Å². The highest BCUT2D eigenvalue weighted by Gasteiger charge is 2.12. The van der Waals surface area contributed by atoms with Crippen LogP contribution in [-0.2, 0) is 6.54 Å². The zero-order chi connectivity index (χ0) is 11.4. The van der Waals surface area contributed by atoms with Crippen LogP contribution < -0.4 is 15.8 Å². The van der Waals surface area contributed by atoms with Crippen molar-refractivity contribution >= 4 is 5.82 Å². The average Bonchev–Trinajstić information content (AvgIpc) is 2.17. The molecule has 0 radical (unpaired) electrons. The van der Waals surface area contributed by atoms with E-state index in [4.69, 9.17) is 10.5 Å². The molecule has 0 fully saturated rings. The number of pyridine rings is 1. The fourth-order valence-corrected chi connectivity index (χ4v) is 1.67. The lowest BCUT2D eigenvalue weighted by Gasteiger charge is -2.14.